The molecule has 2 rings (SSSR count). The van der Waals surface area contributed by atoms with E-state index in [9.17, 15) is 9.59 Å². The molecule has 2 atom stereocenters. The zero-order valence-corrected chi connectivity index (χ0v) is 9.71. The van der Waals surface area contributed by atoms with E-state index in [-0.39, 0.29) is 16.6 Å². The summed E-state index contributed by atoms with van der Waals surface area (Å²) in [4.78, 5) is 22.9. The highest BCUT2D eigenvalue weighted by Gasteiger charge is 2.51. The van der Waals surface area contributed by atoms with Gasteiger partial charge in [0.1, 0.15) is 12.1 Å². The first-order chi connectivity index (χ1) is 7.00. The molecule has 2 nitrogen and oxygen atoms in total. The van der Waals surface area contributed by atoms with Crippen LogP contribution in [0, 0.1) is 16.7 Å². The summed E-state index contributed by atoms with van der Waals surface area (Å²) in [5.41, 5.74) is -0.0725. The smallest absolute Gasteiger partial charge is 0.133 e. The van der Waals surface area contributed by atoms with Gasteiger partial charge in [0.25, 0.3) is 0 Å². The van der Waals surface area contributed by atoms with Crippen LogP contribution in [0.15, 0.2) is 0 Å². The van der Waals surface area contributed by atoms with Crippen LogP contribution >= 0.6 is 0 Å². The lowest BCUT2D eigenvalue weighted by molar-refractivity contribution is -0.142. The van der Waals surface area contributed by atoms with Crippen molar-refractivity contribution >= 4 is 12.1 Å². The third-order valence-electron chi connectivity index (χ3n) is 4.57. The first-order valence-corrected chi connectivity index (χ1v) is 5.98. The summed E-state index contributed by atoms with van der Waals surface area (Å²) >= 11 is 0. The highest BCUT2D eigenvalue weighted by Crippen LogP contribution is 2.55. The quantitative estimate of drug-likeness (QED) is 0.621. The van der Waals surface area contributed by atoms with Crippen LogP contribution < -0.4 is 0 Å². The van der Waals surface area contributed by atoms with Crippen LogP contribution in [0.5, 0.6) is 0 Å². The number of fused-ring (bicyclic) bond motifs is 1. The van der Waals surface area contributed by atoms with E-state index < -0.39 is 0 Å². The molecule has 0 amide bonds. The lowest BCUT2D eigenvalue weighted by atomic mass is 9.51. The van der Waals surface area contributed by atoms with Gasteiger partial charge in [-0.1, -0.05) is 20.3 Å². The summed E-state index contributed by atoms with van der Waals surface area (Å²) in [6.45, 7) is 4.51. The molecule has 15 heavy (non-hydrogen) atoms. The normalized spacial score (nSPS) is 39.6. The van der Waals surface area contributed by atoms with Gasteiger partial charge in [-0.15, -0.1) is 0 Å². The van der Waals surface area contributed by atoms with Gasteiger partial charge in [-0.25, -0.2) is 0 Å². The van der Waals surface area contributed by atoms with Gasteiger partial charge in [-0.05, 0) is 30.6 Å². The Bertz CT molecular complexity index is 293. The fourth-order valence-electron chi connectivity index (χ4n) is 3.83. The molecular weight excluding hydrogens is 188 g/mol. The zero-order chi connectivity index (χ0) is 11.1. The van der Waals surface area contributed by atoms with Gasteiger partial charge < -0.3 is 4.79 Å². The molecule has 0 radical (unpaired) electrons. The molecule has 2 unspecified atom stereocenters. The average molecular weight is 208 g/mol. The first-order valence-electron chi connectivity index (χ1n) is 5.98. The Kier molecular flexibility index (Phi) is 2.48. The molecular formula is C13H20O2. The molecule has 0 aromatic rings. The summed E-state index contributed by atoms with van der Waals surface area (Å²) in [6, 6.07) is 0. The Morgan fingerprint density at radius 1 is 1.33 bits per heavy atom. The average Bonchev–Trinajstić information content (AvgIpc) is 2.16. The van der Waals surface area contributed by atoms with Crippen LogP contribution in [0.25, 0.3) is 0 Å². The van der Waals surface area contributed by atoms with Crippen LogP contribution in [0.1, 0.15) is 52.4 Å². The Hall–Kier alpha value is -0.660. The van der Waals surface area contributed by atoms with Crippen LogP contribution in [-0.2, 0) is 9.59 Å². The molecule has 0 spiro atoms. The van der Waals surface area contributed by atoms with Crippen molar-refractivity contribution in [3.05, 3.63) is 0 Å². The van der Waals surface area contributed by atoms with Gasteiger partial charge in [0, 0.05) is 18.3 Å². The molecule has 2 heteroatoms. The fourth-order valence-corrected chi connectivity index (χ4v) is 3.83. The van der Waals surface area contributed by atoms with E-state index in [0.29, 0.717) is 18.8 Å². The summed E-state index contributed by atoms with van der Waals surface area (Å²) < 4.78 is 0. The second-order valence-corrected chi connectivity index (χ2v) is 6.00. The minimum atomic E-state index is -0.308. The summed E-state index contributed by atoms with van der Waals surface area (Å²) in [5, 5.41) is 0. The molecule has 0 N–H and O–H groups in total. The first kappa shape index (κ1) is 10.8. The minimum Gasteiger partial charge on any atom is -0.303 e. The van der Waals surface area contributed by atoms with E-state index in [4.69, 9.17) is 0 Å². The molecule has 0 aromatic heterocycles. The van der Waals surface area contributed by atoms with E-state index in [0.717, 1.165) is 25.5 Å². The molecule has 0 aromatic carbocycles. The van der Waals surface area contributed by atoms with Crippen molar-refractivity contribution in [3.8, 4) is 0 Å². The van der Waals surface area contributed by atoms with Crippen LogP contribution in [0.4, 0.5) is 0 Å². The maximum absolute atomic E-state index is 11.5. The number of carbonyl (C=O) groups is 2. The molecule has 2 aliphatic carbocycles. The van der Waals surface area contributed by atoms with Crippen molar-refractivity contribution in [2.45, 2.75) is 52.4 Å². The number of ketones is 1. The zero-order valence-electron chi connectivity index (χ0n) is 9.71. The molecule has 0 saturated heterocycles. The van der Waals surface area contributed by atoms with Gasteiger partial charge in [0.15, 0.2) is 0 Å². The topological polar surface area (TPSA) is 34.1 Å². The van der Waals surface area contributed by atoms with E-state index in [1.165, 1.54) is 6.42 Å². The second kappa shape index (κ2) is 3.43. The van der Waals surface area contributed by atoms with Crippen molar-refractivity contribution in [2.75, 3.05) is 0 Å². The second-order valence-electron chi connectivity index (χ2n) is 6.00. The maximum atomic E-state index is 11.5. The van der Waals surface area contributed by atoms with Gasteiger partial charge >= 0.3 is 0 Å². The highest BCUT2D eigenvalue weighted by molar-refractivity contribution is 5.84. The van der Waals surface area contributed by atoms with E-state index in [1.54, 1.807) is 0 Å². The van der Waals surface area contributed by atoms with Gasteiger partial charge in [0.2, 0.25) is 0 Å². The fraction of sp³-hybridized carbons (Fsp3) is 0.846. The Labute approximate surface area is 91.4 Å². The molecule has 0 heterocycles. The standard InChI is InChI=1S/C13H20O2/c1-12(2)6-3-7-13(9-14)8-10(15)4-5-11(12)13/h9,11H,3-8H2,1-2H3. The molecule has 84 valence electrons. The van der Waals surface area contributed by atoms with Crippen molar-refractivity contribution < 1.29 is 9.59 Å². The number of hydrogen-bond acceptors (Lipinski definition) is 2. The summed E-state index contributed by atoms with van der Waals surface area (Å²) in [6.07, 6.45) is 6.42. The minimum absolute atomic E-state index is 0.236. The Balaban J connectivity index is 2.33. The van der Waals surface area contributed by atoms with Crippen molar-refractivity contribution in [1.29, 1.82) is 0 Å². The monoisotopic (exact) mass is 208 g/mol. The van der Waals surface area contributed by atoms with Gasteiger partial charge in [0.05, 0.1) is 0 Å². The SMILES string of the molecule is CC1(C)CCCC2(C=O)CC(=O)CCC12. The number of aldehydes is 1. The Morgan fingerprint density at radius 2 is 2.07 bits per heavy atom. The lowest BCUT2D eigenvalue weighted by Crippen LogP contribution is -2.48. The number of rotatable bonds is 1. The number of Topliss-reactive ketones (excluding diaryl/α,β-unsaturated/α-hetero) is 1. The van der Waals surface area contributed by atoms with E-state index >= 15 is 0 Å². The van der Waals surface area contributed by atoms with Crippen LogP contribution in [-0.4, -0.2) is 12.1 Å². The highest BCUT2D eigenvalue weighted by atomic mass is 16.1. The molecule has 0 aliphatic heterocycles. The summed E-state index contributed by atoms with van der Waals surface area (Å²) in [7, 11) is 0. The molecule has 2 fully saturated rings. The third-order valence-corrected chi connectivity index (χ3v) is 4.57. The van der Waals surface area contributed by atoms with Crippen LogP contribution in [0.2, 0.25) is 0 Å². The van der Waals surface area contributed by atoms with Crippen molar-refractivity contribution in [2.24, 2.45) is 16.7 Å². The largest absolute Gasteiger partial charge is 0.303 e. The number of carbonyl (C=O) groups excluding carboxylic acids is 2. The predicted octanol–water partition coefficient (Wildman–Crippen LogP) is 2.75. The molecule has 2 aliphatic rings. The van der Waals surface area contributed by atoms with Gasteiger partial charge in [-0.3, -0.25) is 4.79 Å². The predicted molar refractivity (Wildman–Crippen MR) is 58.5 cm³/mol. The van der Waals surface area contributed by atoms with Crippen molar-refractivity contribution in [1.82, 2.24) is 0 Å². The third kappa shape index (κ3) is 1.64. The van der Waals surface area contributed by atoms with Crippen LogP contribution in [0.3, 0.4) is 0 Å². The lowest BCUT2D eigenvalue weighted by Gasteiger charge is -2.51. The van der Waals surface area contributed by atoms with E-state index in [2.05, 4.69) is 13.8 Å². The molecule has 0 bridgehead atoms. The van der Waals surface area contributed by atoms with Crippen molar-refractivity contribution in [3.63, 3.8) is 0 Å². The summed E-state index contributed by atoms with van der Waals surface area (Å²) in [5.74, 6) is 0.713. The van der Waals surface area contributed by atoms with Gasteiger partial charge in [-0.2, -0.15) is 0 Å². The molecule has 2 saturated carbocycles. The number of hydrogen-bond donors (Lipinski definition) is 0. The van der Waals surface area contributed by atoms with E-state index in [1.807, 2.05) is 0 Å². The maximum Gasteiger partial charge on any atom is 0.133 e. The Morgan fingerprint density at radius 3 is 2.73 bits per heavy atom.